The second kappa shape index (κ2) is 8.75. The van der Waals surface area contributed by atoms with Crippen molar-refractivity contribution in [2.75, 3.05) is 19.6 Å². The first kappa shape index (κ1) is 18.4. The van der Waals surface area contributed by atoms with E-state index in [-0.39, 0.29) is 30.4 Å². The van der Waals surface area contributed by atoms with Gasteiger partial charge in [-0.25, -0.2) is 4.79 Å². The van der Waals surface area contributed by atoms with Gasteiger partial charge in [0.1, 0.15) is 6.54 Å². The van der Waals surface area contributed by atoms with Crippen LogP contribution >= 0.6 is 12.4 Å². The molecule has 2 heterocycles. The summed E-state index contributed by atoms with van der Waals surface area (Å²) in [5.74, 6) is 0.402. The second-order valence-electron chi connectivity index (χ2n) is 5.47. The van der Waals surface area contributed by atoms with Crippen LogP contribution in [-0.2, 0) is 18.4 Å². The third-order valence-corrected chi connectivity index (χ3v) is 3.85. The van der Waals surface area contributed by atoms with E-state index in [1.807, 2.05) is 0 Å². The molecule has 0 aliphatic carbocycles. The van der Waals surface area contributed by atoms with Gasteiger partial charge in [-0.2, -0.15) is 0 Å². The van der Waals surface area contributed by atoms with Gasteiger partial charge in [0.05, 0.1) is 0 Å². The van der Waals surface area contributed by atoms with Crippen molar-refractivity contribution in [3.05, 3.63) is 33.1 Å². The maximum atomic E-state index is 11.8. The van der Waals surface area contributed by atoms with Crippen molar-refractivity contribution in [2.45, 2.75) is 25.8 Å². The van der Waals surface area contributed by atoms with Gasteiger partial charge in [0.2, 0.25) is 5.91 Å². The fourth-order valence-electron chi connectivity index (χ4n) is 2.53. The number of carbonyl (C=O) groups excluding carboxylic acids is 1. The molecule has 1 aliphatic rings. The predicted octanol–water partition coefficient (Wildman–Crippen LogP) is -0.525. The number of nitrogens with zero attached hydrogens (tertiary/aromatic N) is 2. The molecule has 2 N–H and O–H groups in total. The van der Waals surface area contributed by atoms with Crippen molar-refractivity contribution >= 4 is 18.3 Å². The van der Waals surface area contributed by atoms with E-state index in [0.29, 0.717) is 12.5 Å². The summed E-state index contributed by atoms with van der Waals surface area (Å²) in [5, 5.41) is 6.17. The Kier molecular flexibility index (Phi) is 7.34. The van der Waals surface area contributed by atoms with E-state index in [9.17, 15) is 14.4 Å². The first-order valence-electron chi connectivity index (χ1n) is 7.32. The molecule has 0 saturated carbocycles. The average Bonchev–Trinajstić information content (AvgIpc) is 2.49. The topological polar surface area (TPSA) is 85.1 Å². The monoisotopic (exact) mass is 330 g/mol. The highest BCUT2D eigenvalue weighted by Gasteiger charge is 2.13. The fourth-order valence-corrected chi connectivity index (χ4v) is 2.53. The lowest BCUT2D eigenvalue weighted by atomic mass is 9.96. The van der Waals surface area contributed by atoms with Crippen LogP contribution in [0.3, 0.4) is 0 Å². The molecule has 0 bridgehead atoms. The second-order valence-corrected chi connectivity index (χ2v) is 5.47. The van der Waals surface area contributed by atoms with Gasteiger partial charge in [0, 0.05) is 25.9 Å². The Hall–Kier alpha value is -1.60. The van der Waals surface area contributed by atoms with Gasteiger partial charge in [-0.05, 0) is 38.3 Å². The molecule has 1 aromatic heterocycles. The summed E-state index contributed by atoms with van der Waals surface area (Å²) in [7, 11) is 1.40. The highest BCUT2D eigenvalue weighted by Crippen LogP contribution is 2.12. The Morgan fingerprint density at radius 3 is 2.91 bits per heavy atom. The van der Waals surface area contributed by atoms with E-state index in [4.69, 9.17) is 0 Å². The number of aromatic nitrogens is 2. The number of halogens is 1. The number of piperidine rings is 1. The van der Waals surface area contributed by atoms with Crippen LogP contribution in [0, 0.1) is 5.92 Å². The molecule has 1 amide bonds. The van der Waals surface area contributed by atoms with Crippen molar-refractivity contribution in [3.8, 4) is 0 Å². The van der Waals surface area contributed by atoms with E-state index in [1.165, 1.54) is 36.7 Å². The van der Waals surface area contributed by atoms with E-state index < -0.39 is 5.69 Å². The molecule has 1 aliphatic heterocycles. The highest BCUT2D eigenvalue weighted by atomic mass is 35.5. The highest BCUT2D eigenvalue weighted by molar-refractivity contribution is 5.85. The van der Waals surface area contributed by atoms with E-state index in [0.717, 1.165) is 24.1 Å². The van der Waals surface area contributed by atoms with Gasteiger partial charge in [-0.15, -0.1) is 12.4 Å². The first-order chi connectivity index (χ1) is 10.1. The molecular weight excluding hydrogens is 308 g/mol. The normalized spacial score (nSPS) is 17.6. The standard InChI is InChI=1S/C14H22N4O3.ClH/c1-17-13(20)5-8-18(14(17)21)10-12(19)16-7-4-11-3-2-6-15-9-11;/h5,8,11,15H,2-4,6-7,9-10H2,1H3,(H,16,19);1H. The van der Waals surface area contributed by atoms with E-state index in [1.54, 1.807) is 0 Å². The van der Waals surface area contributed by atoms with Crippen molar-refractivity contribution in [1.82, 2.24) is 19.8 Å². The van der Waals surface area contributed by atoms with E-state index >= 15 is 0 Å². The van der Waals surface area contributed by atoms with Crippen LogP contribution in [0.2, 0.25) is 0 Å². The number of carbonyl (C=O) groups is 1. The van der Waals surface area contributed by atoms with Crippen LogP contribution in [0.15, 0.2) is 21.9 Å². The van der Waals surface area contributed by atoms with Gasteiger partial charge < -0.3 is 10.6 Å². The molecule has 1 unspecified atom stereocenters. The Bertz CT molecular complexity index is 605. The maximum Gasteiger partial charge on any atom is 0.331 e. The number of hydrogen-bond acceptors (Lipinski definition) is 4. The molecule has 1 saturated heterocycles. The van der Waals surface area contributed by atoms with Gasteiger partial charge in [-0.1, -0.05) is 0 Å². The minimum Gasteiger partial charge on any atom is -0.355 e. The minimum absolute atomic E-state index is 0. The molecule has 1 fully saturated rings. The lowest BCUT2D eigenvalue weighted by Crippen LogP contribution is -2.40. The minimum atomic E-state index is -0.478. The Labute approximate surface area is 135 Å². The third kappa shape index (κ3) is 4.99. The molecule has 124 valence electrons. The zero-order valence-electron chi connectivity index (χ0n) is 12.7. The number of nitrogens with one attached hydrogen (secondary N) is 2. The largest absolute Gasteiger partial charge is 0.355 e. The molecule has 1 aromatic rings. The van der Waals surface area contributed by atoms with Crippen molar-refractivity contribution in [2.24, 2.45) is 13.0 Å². The summed E-state index contributed by atoms with van der Waals surface area (Å²) in [4.78, 5) is 34.9. The molecule has 0 spiro atoms. The summed E-state index contributed by atoms with van der Waals surface area (Å²) in [6.07, 6.45) is 4.69. The maximum absolute atomic E-state index is 11.8. The number of amides is 1. The summed E-state index contributed by atoms with van der Waals surface area (Å²) in [5.41, 5.74) is -0.851. The van der Waals surface area contributed by atoms with Crippen LogP contribution in [0.1, 0.15) is 19.3 Å². The van der Waals surface area contributed by atoms with Crippen LogP contribution < -0.4 is 21.9 Å². The molecule has 0 radical (unpaired) electrons. The SMILES string of the molecule is Cl.Cn1c(=O)ccn(CC(=O)NCCC2CCCNC2)c1=O. The first-order valence-corrected chi connectivity index (χ1v) is 7.32. The Balaban J connectivity index is 0.00000242. The van der Waals surface area contributed by atoms with Gasteiger partial charge in [0.15, 0.2) is 0 Å². The van der Waals surface area contributed by atoms with Gasteiger partial charge in [-0.3, -0.25) is 18.7 Å². The molecular formula is C14H23ClN4O3. The van der Waals surface area contributed by atoms with Crippen LogP contribution in [-0.4, -0.2) is 34.7 Å². The van der Waals surface area contributed by atoms with Gasteiger partial charge >= 0.3 is 5.69 Å². The summed E-state index contributed by atoms with van der Waals surface area (Å²) in [6, 6.07) is 1.28. The van der Waals surface area contributed by atoms with Crippen LogP contribution in [0.4, 0.5) is 0 Å². The molecule has 22 heavy (non-hydrogen) atoms. The summed E-state index contributed by atoms with van der Waals surface area (Å²) < 4.78 is 2.22. The van der Waals surface area contributed by atoms with Gasteiger partial charge in [0.25, 0.3) is 5.56 Å². The lowest BCUT2D eigenvalue weighted by molar-refractivity contribution is -0.121. The lowest BCUT2D eigenvalue weighted by Gasteiger charge is -2.22. The molecule has 7 nitrogen and oxygen atoms in total. The fraction of sp³-hybridized carbons (Fsp3) is 0.643. The van der Waals surface area contributed by atoms with Crippen molar-refractivity contribution in [3.63, 3.8) is 0 Å². The number of hydrogen-bond donors (Lipinski definition) is 2. The third-order valence-electron chi connectivity index (χ3n) is 3.85. The average molecular weight is 331 g/mol. The molecule has 2 rings (SSSR count). The Morgan fingerprint density at radius 2 is 2.23 bits per heavy atom. The molecule has 0 aromatic carbocycles. The summed E-state index contributed by atoms with van der Waals surface area (Å²) >= 11 is 0. The van der Waals surface area contributed by atoms with E-state index in [2.05, 4.69) is 10.6 Å². The Morgan fingerprint density at radius 1 is 1.45 bits per heavy atom. The predicted molar refractivity (Wildman–Crippen MR) is 86.4 cm³/mol. The smallest absolute Gasteiger partial charge is 0.331 e. The number of rotatable bonds is 5. The zero-order chi connectivity index (χ0) is 15.2. The molecule has 8 heteroatoms. The summed E-state index contributed by atoms with van der Waals surface area (Å²) in [6.45, 7) is 2.65. The van der Waals surface area contributed by atoms with Crippen LogP contribution in [0.25, 0.3) is 0 Å². The molecule has 1 atom stereocenters. The van der Waals surface area contributed by atoms with Crippen molar-refractivity contribution < 1.29 is 4.79 Å². The van der Waals surface area contributed by atoms with Crippen LogP contribution in [0.5, 0.6) is 0 Å². The zero-order valence-corrected chi connectivity index (χ0v) is 13.5. The van der Waals surface area contributed by atoms with Crippen molar-refractivity contribution in [1.29, 1.82) is 0 Å². The quantitative estimate of drug-likeness (QED) is 0.760.